The van der Waals surface area contributed by atoms with Gasteiger partial charge >= 0.3 is 0 Å². The third kappa shape index (κ3) is 8.14. The summed E-state index contributed by atoms with van der Waals surface area (Å²) >= 11 is 12.6. The van der Waals surface area contributed by atoms with Gasteiger partial charge in [0.25, 0.3) is 0 Å². The van der Waals surface area contributed by atoms with Crippen LogP contribution in [0.5, 0.6) is 11.5 Å². The summed E-state index contributed by atoms with van der Waals surface area (Å²) < 4.78 is 10.7. The van der Waals surface area contributed by atoms with Gasteiger partial charge in [-0.15, -0.1) is 0 Å². The van der Waals surface area contributed by atoms with E-state index < -0.39 is 6.04 Å². The van der Waals surface area contributed by atoms with Crippen molar-refractivity contribution in [2.24, 2.45) is 0 Å². The first kappa shape index (κ1) is 29.3. The average molecular weight is 558 g/mol. The number of hydrogen-bond acceptors (Lipinski definition) is 4. The van der Waals surface area contributed by atoms with Gasteiger partial charge in [-0.25, -0.2) is 0 Å². The van der Waals surface area contributed by atoms with Crippen LogP contribution in [0.4, 0.5) is 0 Å². The van der Waals surface area contributed by atoms with Gasteiger partial charge in [0.1, 0.15) is 6.04 Å². The van der Waals surface area contributed by atoms with E-state index in [1.54, 1.807) is 37.3 Å². The number of hydrogen-bond donors (Lipinski definition) is 1. The number of nitrogens with one attached hydrogen (secondary N) is 1. The molecule has 0 radical (unpaired) electrons. The lowest BCUT2D eigenvalue weighted by Crippen LogP contribution is -2.50. The molecule has 0 aromatic heterocycles. The van der Waals surface area contributed by atoms with Gasteiger partial charge in [-0.1, -0.05) is 72.6 Å². The molecule has 0 heterocycles. The molecule has 3 aromatic rings. The Labute approximate surface area is 234 Å². The number of carbonyl (C=O) groups is 2. The highest BCUT2D eigenvalue weighted by Gasteiger charge is 2.30. The van der Waals surface area contributed by atoms with Gasteiger partial charge in [-0.3, -0.25) is 9.59 Å². The van der Waals surface area contributed by atoms with E-state index in [4.69, 9.17) is 32.7 Å². The first-order chi connectivity index (χ1) is 18.4. The van der Waals surface area contributed by atoms with Crippen LogP contribution in [-0.2, 0) is 29.0 Å². The summed E-state index contributed by atoms with van der Waals surface area (Å²) in [5, 5.41) is 3.93. The van der Waals surface area contributed by atoms with Crippen molar-refractivity contribution in [3.05, 3.63) is 93.5 Å². The molecule has 0 saturated heterocycles. The molecule has 202 valence electrons. The molecule has 1 atom stereocenters. The quantitative estimate of drug-likeness (QED) is 0.276. The van der Waals surface area contributed by atoms with Crippen molar-refractivity contribution in [1.82, 2.24) is 10.2 Å². The summed E-state index contributed by atoms with van der Waals surface area (Å²) in [6.45, 7) is 2.70. The zero-order chi connectivity index (χ0) is 27.5. The van der Waals surface area contributed by atoms with Crippen LogP contribution in [0.25, 0.3) is 0 Å². The van der Waals surface area contributed by atoms with Crippen LogP contribution >= 0.6 is 23.2 Å². The molecule has 0 bridgehead atoms. The predicted octanol–water partition coefficient (Wildman–Crippen LogP) is 6.11. The van der Waals surface area contributed by atoms with Gasteiger partial charge in [0.2, 0.25) is 11.8 Å². The summed E-state index contributed by atoms with van der Waals surface area (Å²) in [7, 11) is 3.16. The molecule has 1 N–H and O–H groups in total. The molecule has 0 spiro atoms. The number of ether oxygens (including phenoxy) is 2. The third-order valence-corrected chi connectivity index (χ3v) is 6.84. The van der Waals surface area contributed by atoms with E-state index in [2.05, 4.69) is 5.32 Å². The molecule has 0 saturated carbocycles. The molecule has 3 aromatic carbocycles. The molecule has 3 rings (SSSR count). The fourth-order valence-corrected chi connectivity index (χ4v) is 4.65. The van der Waals surface area contributed by atoms with E-state index in [1.807, 2.05) is 55.5 Å². The van der Waals surface area contributed by atoms with Crippen molar-refractivity contribution in [1.29, 1.82) is 0 Å². The largest absolute Gasteiger partial charge is 0.493 e. The van der Waals surface area contributed by atoms with Crippen LogP contribution in [0.15, 0.2) is 66.7 Å². The number of aryl methyl sites for hydroxylation is 1. The minimum Gasteiger partial charge on any atom is -0.493 e. The summed E-state index contributed by atoms with van der Waals surface area (Å²) in [5.74, 6) is 0.874. The maximum absolute atomic E-state index is 13.8. The smallest absolute Gasteiger partial charge is 0.243 e. The highest BCUT2D eigenvalue weighted by molar-refractivity contribution is 6.35. The third-order valence-electron chi connectivity index (χ3n) is 6.25. The van der Waals surface area contributed by atoms with Crippen LogP contribution in [0.3, 0.4) is 0 Å². The monoisotopic (exact) mass is 556 g/mol. The Kier molecular flexibility index (Phi) is 11.3. The van der Waals surface area contributed by atoms with Crippen molar-refractivity contribution in [2.75, 3.05) is 20.8 Å². The lowest BCUT2D eigenvalue weighted by Gasteiger charge is -2.32. The Morgan fingerprint density at radius 3 is 2.32 bits per heavy atom. The van der Waals surface area contributed by atoms with Crippen molar-refractivity contribution in [3.63, 3.8) is 0 Å². The Bertz CT molecular complexity index is 1220. The number of rotatable bonds is 13. The van der Waals surface area contributed by atoms with Crippen LogP contribution in [0, 0.1) is 0 Å². The van der Waals surface area contributed by atoms with Crippen LogP contribution < -0.4 is 14.8 Å². The highest BCUT2D eigenvalue weighted by atomic mass is 35.5. The van der Waals surface area contributed by atoms with E-state index >= 15 is 0 Å². The second-order valence-electron chi connectivity index (χ2n) is 8.94. The maximum atomic E-state index is 13.8. The number of amides is 2. The first-order valence-corrected chi connectivity index (χ1v) is 13.4. The molecule has 0 aliphatic rings. The summed E-state index contributed by atoms with van der Waals surface area (Å²) in [6.07, 6.45) is 1.84. The average Bonchev–Trinajstić information content (AvgIpc) is 2.93. The van der Waals surface area contributed by atoms with Gasteiger partial charge in [-0.05, 0) is 53.8 Å². The van der Waals surface area contributed by atoms with Crippen LogP contribution in [0.2, 0.25) is 10.0 Å². The number of halogens is 2. The molecule has 6 nitrogen and oxygen atoms in total. The SMILES string of the molecule is CCCNC(=O)[C@@H](Cc1ccccc1)N(Cc1ccc(Cl)cc1Cl)C(=O)CCc1ccc(OC)c(OC)c1. The fraction of sp³-hybridized carbons (Fsp3) is 0.333. The zero-order valence-corrected chi connectivity index (χ0v) is 23.5. The molecule has 38 heavy (non-hydrogen) atoms. The lowest BCUT2D eigenvalue weighted by molar-refractivity contribution is -0.141. The van der Waals surface area contributed by atoms with E-state index in [-0.39, 0.29) is 24.8 Å². The van der Waals surface area contributed by atoms with E-state index in [9.17, 15) is 9.59 Å². The second kappa shape index (κ2) is 14.6. The maximum Gasteiger partial charge on any atom is 0.243 e. The van der Waals surface area contributed by atoms with Crippen LogP contribution in [-0.4, -0.2) is 43.5 Å². The Morgan fingerprint density at radius 2 is 1.66 bits per heavy atom. The molecule has 0 aliphatic heterocycles. The fourth-order valence-electron chi connectivity index (χ4n) is 4.18. The zero-order valence-electron chi connectivity index (χ0n) is 22.0. The van der Waals surface area contributed by atoms with E-state index in [1.165, 1.54) is 0 Å². The molecule has 8 heteroatoms. The normalized spacial score (nSPS) is 11.5. The van der Waals surface area contributed by atoms with Gasteiger partial charge in [0, 0.05) is 36.0 Å². The summed E-state index contributed by atoms with van der Waals surface area (Å²) in [6, 6.07) is 19.7. The van der Waals surface area contributed by atoms with Gasteiger partial charge in [-0.2, -0.15) is 0 Å². The first-order valence-electron chi connectivity index (χ1n) is 12.6. The molecular weight excluding hydrogens is 523 g/mol. The lowest BCUT2D eigenvalue weighted by atomic mass is 10.0. The Hall–Kier alpha value is -3.22. The van der Waals surface area contributed by atoms with Crippen molar-refractivity contribution >= 4 is 35.0 Å². The standard InChI is InChI=1S/C30H34Cl2N2O4/c1-4-16-33-30(36)26(17-21-8-6-5-7-9-21)34(20-23-12-13-24(31)19-25(23)32)29(35)15-11-22-10-14-27(37-2)28(18-22)38-3/h5-10,12-14,18-19,26H,4,11,15-17,20H2,1-3H3,(H,33,36)/t26-/m1/s1. The molecular formula is C30H34Cl2N2O4. The minimum absolute atomic E-state index is 0.154. The number of benzene rings is 3. The molecule has 0 fully saturated rings. The number of nitrogens with zero attached hydrogens (tertiary/aromatic N) is 1. The van der Waals surface area contributed by atoms with E-state index in [0.29, 0.717) is 40.9 Å². The van der Waals surface area contributed by atoms with Gasteiger partial charge in [0.15, 0.2) is 11.5 Å². The number of carbonyl (C=O) groups excluding carboxylic acids is 2. The van der Waals surface area contributed by atoms with Crippen molar-refractivity contribution in [3.8, 4) is 11.5 Å². The molecule has 0 aliphatic carbocycles. The molecule has 0 unspecified atom stereocenters. The van der Waals surface area contributed by atoms with Crippen LogP contribution in [0.1, 0.15) is 36.5 Å². The van der Waals surface area contributed by atoms with Crippen molar-refractivity contribution < 1.29 is 19.1 Å². The van der Waals surface area contributed by atoms with Crippen molar-refractivity contribution in [2.45, 2.75) is 45.2 Å². The highest BCUT2D eigenvalue weighted by Crippen LogP contribution is 2.29. The second-order valence-corrected chi connectivity index (χ2v) is 9.79. The minimum atomic E-state index is -0.714. The summed E-state index contributed by atoms with van der Waals surface area (Å²) in [5.41, 5.74) is 2.61. The van der Waals surface area contributed by atoms with E-state index in [0.717, 1.165) is 23.1 Å². The predicted molar refractivity (Wildman–Crippen MR) is 152 cm³/mol. The number of methoxy groups -OCH3 is 2. The Balaban J connectivity index is 1.92. The van der Waals surface area contributed by atoms with Gasteiger partial charge in [0.05, 0.1) is 14.2 Å². The Morgan fingerprint density at radius 1 is 0.921 bits per heavy atom. The molecule has 2 amide bonds. The van der Waals surface area contributed by atoms with Gasteiger partial charge < -0.3 is 19.7 Å². The summed E-state index contributed by atoms with van der Waals surface area (Å²) in [4.78, 5) is 28.9. The topological polar surface area (TPSA) is 67.9 Å².